The minimum absolute atomic E-state index is 0.793. The highest BCUT2D eigenvalue weighted by Gasteiger charge is 2.28. The van der Waals surface area contributed by atoms with Crippen LogP contribution in [0.15, 0.2) is 0 Å². The van der Waals surface area contributed by atoms with Gasteiger partial charge < -0.3 is 0 Å². The van der Waals surface area contributed by atoms with Crippen molar-refractivity contribution in [3.8, 4) is 0 Å². The van der Waals surface area contributed by atoms with E-state index in [1.807, 2.05) is 0 Å². The normalized spacial score (nSPS) is 28.5. The highest BCUT2D eigenvalue weighted by Crippen LogP contribution is 2.31. The maximum atomic E-state index is 2.50. The molecule has 1 atom stereocenters. The molecule has 0 N–H and O–H groups in total. The van der Waals surface area contributed by atoms with E-state index in [2.05, 4.69) is 31.4 Å². The van der Waals surface area contributed by atoms with Crippen LogP contribution in [0, 0.1) is 0 Å². The second kappa shape index (κ2) is 3.31. The monoisotopic (exact) mass is 174 g/mol. The van der Waals surface area contributed by atoms with Crippen LogP contribution in [0.1, 0.15) is 19.3 Å². The lowest BCUT2D eigenvalue weighted by atomic mass is 10.3. The molecular weight excluding hydrogens is 156 g/mol. The van der Waals surface area contributed by atoms with Crippen molar-refractivity contribution in [1.82, 2.24) is 0 Å². The van der Waals surface area contributed by atoms with E-state index >= 15 is 0 Å². The number of thioether (sulfide) groups is 1. The predicted molar refractivity (Wildman–Crippen MR) is 53.4 cm³/mol. The maximum Gasteiger partial charge on any atom is 0.0587 e. The summed E-state index contributed by atoms with van der Waals surface area (Å²) < 4.78 is 0. The molecule has 1 unspecified atom stereocenters. The van der Waals surface area contributed by atoms with Crippen LogP contribution in [0.25, 0.3) is 0 Å². The maximum absolute atomic E-state index is 2.50. The minimum atomic E-state index is -0.793. The van der Waals surface area contributed by atoms with Crippen LogP contribution in [0.4, 0.5) is 0 Å². The van der Waals surface area contributed by atoms with Crippen molar-refractivity contribution in [3.63, 3.8) is 0 Å². The van der Waals surface area contributed by atoms with Crippen LogP contribution in [0.3, 0.4) is 0 Å². The molecule has 0 saturated carbocycles. The van der Waals surface area contributed by atoms with Crippen molar-refractivity contribution in [2.45, 2.75) is 43.8 Å². The van der Waals surface area contributed by atoms with Crippen LogP contribution in [-0.2, 0) is 0 Å². The zero-order valence-electron chi connectivity index (χ0n) is 7.31. The van der Waals surface area contributed by atoms with Crippen molar-refractivity contribution in [3.05, 3.63) is 0 Å². The minimum Gasteiger partial charge on any atom is -0.162 e. The van der Waals surface area contributed by atoms with Crippen molar-refractivity contribution in [2.24, 2.45) is 0 Å². The molecule has 0 aromatic rings. The molecule has 1 saturated heterocycles. The summed E-state index contributed by atoms with van der Waals surface area (Å²) in [5.74, 6) is 1.43. The van der Waals surface area contributed by atoms with Gasteiger partial charge in [-0.15, -0.1) is 0 Å². The van der Waals surface area contributed by atoms with Crippen molar-refractivity contribution < 1.29 is 0 Å². The summed E-state index contributed by atoms with van der Waals surface area (Å²) in [5.41, 5.74) is 0. The second-order valence-corrected chi connectivity index (χ2v) is 11.4. The Morgan fingerprint density at radius 1 is 1.20 bits per heavy atom. The van der Waals surface area contributed by atoms with Crippen LogP contribution in [0.2, 0.25) is 19.6 Å². The fraction of sp³-hybridized carbons (Fsp3) is 1.00. The lowest BCUT2D eigenvalue weighted by Crippen LogP contribution is -2.37. The van der Waals surface area contributed by atoms with Crippen LogP contribution >= 0.6 is 11.8 Å². The fourth-order valence-corrected chi connectivity index (χ4v) is 5.84. The van der Waals surface area contributed by atoms with E-state index < -0.39 is 8.07 Å². The molecule has 1 heterocycles. The molecule has 60 valence electrons. The van der Waals surface area contributed by atoms with Crippen LogP contribution < -0.4 is 0 Å². The van der Waals surface area contributed by atoms with Gasteiger partial charge in [0.05, 0.1) is 8.07 Å². The van der Waals surface area contributed by atoms with Crippen molar-refractivity contribution in [2.75, 3.05) is 5.75 Å². The first-order valence-corrected chi connectivity index (χ1v) is 8.85. The lowest BCUT2D eigenvalue weighted by molar-refractivity contribution is 0.733. The van der Waals surface area contributed by atoms with Gasteiger partial charge in [-0.05, 0) is 23.5 Å². The summed E-state index contributed by atoms with van der Waals surface area (Å²) in [4.78, 5) is 1.06. The van der Waals surface area contributed by atoms with Crippen LogP contribution in [0.5, 0.6) is 0 Å². The highest BCUT2D eigenvalue weighted by molar-refractivity contribution is 8.01. The molecule has 1 fully saturated rings. The smallest absolute Gasteiger partial charge is 0.0587 e. The van der Waals surface area contributed by atoms with Gasteiger partial charge in [-0.3, -0.25) is 0 Å². The van der Waals surface area contributed by atoms with E-state index in [1.54, 1.807) is 0 Å². The average Bonchev–Trinajstić information content (AvgIpc) is 1.88. The van der Waals surface area contributed by atoms with Crippen LogP contribution in [-0.4, -0.2) is 18.7 Å². The standard InChI is InChI=1S/C8H18SSi/c1-10(2,3)8-6-4-5-7-9-8/h8H,4-7H2,1-3H3. The topological polar surface area (TPSA) is 0 Å². The van der Waals surface area contributed by atoms with E-state index in [1.165, 1.54) is 25.0 Å². The summed E-state index contributed by atoms with van der Waals surface area (Å²) >= 11 is 2.23. The molecule has 10 heavy (non-hydrogen) atoms. The largest absolute Gasteiger partial charge is 0.162 e. The number of rotatable bonds is 1. The molecule has 1 aliphatic rings. The Morgan fingerprint density at radius 2 is 1.90 bits per heavy atom. The molecule has 0 aliphatic carbocycles. The Labute approximate surface area is 69.8 Å². The SMILES string of the molecule is C[Si](C)(C)C1CCCCS1. The van der Waals surface area contributed by atoms with Gasteiger partial charge in [0.1, 0.15) is 0 Å². The van der Waals surface area contributed by atoms with Gasteiger partial charge in [-0.1, -0.05) is 26.1 Å². The zero-order valence-corrected chi connectivity index (χ0v) is 9.13. The van der Waals surface area contributed by atoms with Gasteiger partial charge in [0.15, 0.2) is 0 Å². The zero-order chi connectivity index (χ0) is 7.61. The Bertz CT molecular complexity index is 100. The van der Waals surface area contributed by atoms with Gasteiger partial charge in [0, 0.05) is 0 Å². The summed E-state index contributed by atoms with van der Waals surface area (Å²) in [7, 11) is -0.793. The second-order valence-electron chi connectivity index (χ2n) is 4.22. The summed E-state index contributed by atoms with van der Waals surface area (Å²) in [6.45, 7) is 7.49. The molecule has 1 rings (SSSR count). The first-order valence-electron chi connectivity index (χ1n) is 4.22. The molecule has 0 aromatic carbocycles. The van der Waals surface area contributed by atoms with Gasteiger partial charge >= 0.3 is 0 Å². The molecular formula is C8H18SSi. The van der Waals surface area contributed by atoms with Gasteiger partial charge in [0.2, 0.25) is 0 Å². The predicted octanol–water partition coefficient (Wildman–Crippen LogP) is 3.15. The summed E-state index contributed by atoms with van der Waals surface area (Å²) in [6, 6.07) is 0. The lowest BCUT2D eigenvalue weighted by Gasteiger charge is -2.31. The van der Waals surface area contributed by atoms with E-state index in [0.29, 0.717) is 0 Å². The highest BCUT2D eigenvalue weighted by atomic mass is 32.2. The van der Waals surface area contributed by atoms with Gasteiger partial charge in [-0.25, -0.2) is 0 Å². The summed E-state index contributed by atoms with van der Waals surface area (Å²) in [6.07, 6.45) is 4.45. The first-order chi connectivity index (χ1) is 4.61. The molecule has 0 bridgehead atoms. The fourth-order valence-electron chi connectivity index (χ4n) is 1.42. The van der Waals surface area contributed by atoms with Gasteiger partial charge in [0.25, 0.3) is 0 Å². The molecule has 0 spiro atoms. The van der Waals surface area contributed by atoms with E-state index in [4.69, 9.17) is 0 Å². The molecule has 0 radical (unpaired) electrons. The quantitative estimate of drug-likeness (QED) is 0.550. The number of hydrogen-bond donors (Lipinski definition) is 0. The Hall–Kier alpha value is 0.567. The molecule has 0 nitrogen and oxygen atoms in total. The third kappa shape index (κ3) is 2.31. The molecule has 0 amide bonds. The summed E-state index contributed by atoms with van der Waals surface area (Å²) in [5, 5.41) is 0. The Morgan fingerprint density at radius 3 is 2.20 bits per heavy atom. The average molecular weight is 174 g/mol. The molecule has 0 aromatic heterocycles. The van der Waals surface area contributed by atoms with Crippen molar-refractivity contribution in [1.29, 1.82) is 0 Å². The third-order valence-electron chi connectivity index (χ3n) is 2.15. The molecule has 2 heteroatoms. The Balaban J connectivity index is 2.39. The van der Waals surface area contributed by atoms with E-state index in [0.717, 1.165) is 4.87 Å². The van der Waals surface area contributed by atoms with Crippen molar-refractivity contribution >= 4 is 19.8 Å². The van der Waals surface area contributed by atoms with Gasteiger partial charge in [-0.2, -0.15) is 11.8 Å². The van der Waals surface area contributed by atoms with E-state index in [9.17, 15) is 0 Å². The third-order valence-corrected chi connectivity index (χ3v) is 8.15. The number of hydrogen-bond acceptors (Lipinski definition) is 1. The Kier molecular flexibility index (Phi) is 2.87. The first kappa shape index (κ1) is 8.66. The molecule has 1 aliphatic heterocycles. The van der Waals surface area contributed by atoms with E-state index in [-0.39, 0.29) is 0 Å².